The van der Waals surface area contributed by atoms with Crippen LogP contribution in [0.4, 0.5) is 21.9 Å². The summed E-state index contributed by atoms with van der Waals surface area (Å²) in [6, 6.07) is 8.50. The quantitative estimate of drug-likeness (QED) is 0.458. The maximum atomic E-state index is 11.9. The predicted octanol–water partition coefficient (Wildman–Crippen LogP) is 3.56. The number of amides is 2. The minimum Gasteiger partial charge on any atom is -0.506 e. The monoisotopic (exact) mass is 301 g/mol. The van der Waals surface area contributed by atoms with E-state index in [4.69, 9.17) is 0 Å². The summed E-state index contributed by atoms with van der Waals surface area (Å²) in [6.07, 6.45) is 0. The molecule has 0 saturated carbocycles. The fourth-order valence-electron chi connectivity index (χ4n) is 2.07. The molecule has 7 heteroatoms. The molecule has 2 amide bonds. The molecule has 22 heavy (non-hydrogen) atoms. The van der Waals surface area contributed by atoms with Gasteiger partial charge < -0.3 is 15.7 Å². The van der Waals surface area contributed by atoms with Gasteiger partial charge in [0.25, 0.3) is 5.69 Å². The van der Waals surface area contributed by atoms with E-state index in [9.17, 15) is 20.0 Å². The number of anilines is 2. The highest BCUT2D eigenvalue weighted by Gasteiger charge is 2.12. The Labute approximate surface area is 126 Å². The number of aryl methyl sites for hydroxylation is 2. The third-order valence-corrected chi connectivity index (χ3v) is 2.92. The molecule has 0 spiro atoms. The number of carbonyl (C=O) groups is 1. The molecule has 114 valence electrons. The molecule has 0 bridgehead atoms. The number of carbonyl (C=O) groups excluding carboxylic acids is 1. The molecule has 0 aliphatic rings. The van der Waals surface area contributed by atoms with Crippen LogP contribution >= 0.6 is 0 Å². The summed E-state index contributed by atoms with van der Waals surface area (Å²) in [5.74, 6) is -0.371. The van der Waals surface area contributed by atoms with Gasteiger partial charge in [-0.2, -0.15) is 0 Å². The fourth-order valence-corrected chi connectivity index (χ4v) is 2.07. The van der Waals surface area contributed by atoms with E-state index in [0.29, 0.717) is 5.69 Å². The average molecular weight is 301 g/mol. The Morgan fingerprint density at radius 3 is 2.27 bits per heavy atom. The van der Waals surface area contributed by atoms with Crippen molar-refractivity contribution in [2.75, 3.05) is 10.6 Å². The van der Waals surface area contributed by atoms with Crippen molar-refractivity contribution in [1.29, 1.82) is 0 Å². The first kappa shape index (κ1) is 15.3. The summed E-state index contributed by atoms with van der Waals surface area (Å²) >= 11 is 0. The smallest absolute Gasteiger partial charge is 0.323 e. The number of nitrogens with one attached hydrogen (secondary N) is 2. The molecule has 3 N–H and O–H groups in total. The summed E-state index contributed by atoms with van der Waals surface area (Å²) in [5, 5.41) is 25.4. The van der Waals surface area contributed by atoms with Gasteiger partial charge in [-0.05, 0) is 43.2 Å². The molecule has 0 fully saturated rings. The van der Waals surface area contributed by atoms with E-state index in [2.05, 4.69) is 10.6 Å². The zero-order chi connectivity index (χ0) is 16.3. The zero-order valence-corrected chi connectivity index (χ0v) is 12.1. The standard InChI is InChI=1S/C15H15N3O4/c1-9-5-10(2)7-11(6-9)16-15(20)17-13-4-3-12(18(21)22)8-14(13)19/h3-8,19H,1-2H3,(H2,16,17,20). The number of benzene rings is 2. The van der Waals surface area contributed by atoms with Crippen LogP contribution in [-0.4, -0.2) is 16.1 Å². The van der Waals surface area contributed by atoms with Crippen LogP contribution in [0.5, 0.6) is 5.75 Å². The number of hydrogen-bond donors (Lipinski definition) is 3. The van der Waals surface area contributed by atoms with Crippen LogP contribution in [0.15, 0.2) is 36.4 Å². The number of nitrogens with zero attached hydrogens (tertiary/aromatic N) is 1. The van der Waals surface area contributed by atoms with Gasteiger partial charge in [0.15, 0.2) is 0 Å². The van der Waals surface area contributed by atoms with Crippen LogP contribution in [0, 0.1) is 24.0 Å². The average Bonchev–Trinajstić information content (AvgIpc) is 2.39. The van der Waals surface area contributed by atoms with Crippen LogP contribution in [0.1, 0.15) is 11.1 Å². The topological polar surface area (TPSA) is 104 Å². The number of aromatic hydroxyl groups is 1. The van der Waals surface area contributed by atoms with Crippen LogP contribution in [-0.2, 0) is 0 Å². The molecule has 0 heterocycles. The molecule has 0 saturated heterocycles. The molecular weight excluding hydrogens is 286 g/mol. The normalized spacial score (nSPS) is 10.1. The van der Waals surface area contributed by atoms with Crippen molar-refractivity contribution < 1.29 is 14.8 Å². The third-order valence-electron chi connectivity index (χ3n) is 2.92. The number of non-ortho nitro benzene ring substituents is 1. The largest absolute Gasteiger partial charge is 0.506 e. The Bertz CT molecular complexity index is 723. The van der Waals surface area contributed by atoms with Gasteiger partial charge in [-0.1, -0.05) is 6.07 Å². The Morgan fingerprint density at radius 1 is 1.09 bits per heavy atom. The van der Waals surface area contributed by atoms with E-state index in [-0.39, 0.29) is 17.1 Å². The molecular formula is C15H15N3O4. The van der Waals surface area contributed by atoms with Crippen LogP contribution in [0.2, 0.25) is 0 Å². The molecule has 0 radical (unpaired) electrons. The van der Waals surface area contributed by atoms with Crippen molar-refractivity contribution in [3.8, 4) is 5.75 Å². The molecule has 2 aromatic rings. The Morgan fingerprint density at radius 2 is 1.73 bits per heavy atom. The first-order chi connectivity index (χ1) is 10.3. The number of hydrogen-bond acceptors (Lipinski definition) is 4. The summed E-state index contributed by atoms with van der Waals surface area (Å²) in [6.45, 7) is 3.83. The van der Waals surface area contributed by atoms with Gasteiger partial charge in [0.05, 0.1) is 16.7 Å². The fraction of sp³-hybridized carbons (Fsp3) is 0.133. The van der Waals surface area contributed by atoms with Gasteiger partial charge in [-0.15, -0.1) is 0 Å². The lowest BCUT2D eigenvalue weighted by atomic mass is 10.1. The van der Waals surface area contributed by atoms with Gasteiger partial charge in [-0.25, -0.2) is 4.79 Å². The second-order valence-electron chi connectivity index (χ2n) is 4.91. The van der Waals surface area contributed by atoms with Crippen LogP contribution in [0.25, 0.3) is 0 Å². The summed E-state index contributed by atoms with van der Waals surface area (Å²) in [4.78, 5) is 21.9. The lowest BCUT2D eigenvalue weighted by Crippen LogP contribution is -2.19. The number of urea groups is 1. The van der Waals surface area contributed by atoms with Crippen molar-refractivity contribution in [3.05, 3.63) is 57.6 Å². The predicted molar refractivity (Wildman–Crippen MR) is 83.3 cm³/mol. The SMILES string of the molecule is Cc1cc(C)cc(NC(=O)Nc2ccc([N+](=O)[O-])cc2O)c1. The highest BCUT2D eigenvalue weighted by Crippen LogP contribution is 2.28. The lowest BCUT2D eigenvalue weighted by molar-refractivity contribution is -0.384. The number of nitro groups is 1. The van der Waals surface area contributed by atoms with Crippen molar-refractivity contribution >= 4 is 23.1 Å². The maximum Gasteiger partial charge on any atom is 0.323 e. The number of phenols is 1. The van der Waals surface area contributed by atoms with Crippen molar-refractivity contribution in [2.24, 2.45) is 0 Å². The molecule has 0 atom stereocenters. The zero-order valence-electron chi connectivity index (χ0n) is 12.1. The molecule has 7 nitrogen and oxygen atoms in total. The minimum atomic E-state index is -0.626. The highest BCUT2D eigenvalue weighted by molar-refractivity contribution is 6.00. The Balaban J connectivity index is 2.10. The second-order valence-corrected chi connectivity index (χ2v) is 4.91. The number of nitro benzene ring substituents is 1. The second kappa shape index (κ2) is 6.13. The molecule has 0 aliphatic carbocycles. The van der Waals surface area contributed by atoms with E-state index in [1.807, 2.05) is 32.0 Å². The molecule has 0 aromatic heterocycles. The van der Waals surface area contributed by atoms with Crippen molar-refractivity contribution in [3.63, 3.8) is 0 Å². The Kier molecular flexibility index (Phi) is 4.26. The van der Waals surface area contributed by atoms with Gasteiger partial charge in [-0.3, -0.25) is 10.1 Å². The van der Waals surface area contributed by atoms with Crippen molar-refractivity contribution in [1.82, 2.24) is 0 Å². The number of phenolic OH excluding ortho intramolecular Hbond substituents is 1. The first-order valence-electron chi connectivity index (χ1n) is 6.49. The van der Waals surface area contributed by atoms with E-state index in [0.717, 1.165) is 17.2 Å². The van der Waals surface area contributed by atoms with E-state index >= 15 is 0 Å². The van der Waals surface area contributed by atoms with Crippen LogP contribution in [0.3, 0.4) is 0 Å². The summed E-state index contributed by atoms with van der Waals surface area (Å²) in [5.41, 5.74) is 2.48. The van der Waals surface area contributed by atoms with Gasteiger partial charge in [0, 0.05) is 11.8 Å². The van der Waals surface area contributed by atoms with E-state index in [1.165, 1.54) is 12.1 Å². The first-order valence-corrected chi connectivity index (χ1v) is 6.49. The maximum absolute atomic E-state index is 11.9. The van der Waals surface area contributed by atoms with Crippen molar-refractivity contribution in [2.45, 2.75) is 13.8 Å². The Hall–Kier alpha value is -3.09. The van der Waals surface area contributed by atoms with Gasteiger partial charge in [0.2, 0.25) is 0 Å². The summed E-state index contributed by atoms with van der Waals surface area (Å²) < 4.78 is 0. The van der Waals surface area contributed by atoms with E-state index < -0.39 is 11.0 Å². The van der Waals surface area contributed by atoms with E-state index in [1.54, 1.807) is 0 Å². The van der Waals surface area contributed by atoms with Gasteiger partial charge >= 0.3 is 6.03 Å². The van der Waals surface area contributed by atoms with Gasteiger partial charge in [0.1, 0.15) is 5.75 Å². The molecule has 2 rings (SSSR count). The summed E-state index contributed by atoms with van der Waals surface area (Å²) in [7, 11) is 0. The molecule has 0 aliphatic heterocycles. The molecule has 0 unspecified atom stereocenters. The third kappa shape index (κ3) is 3.72. The lowest BCUT2D eigenvalue weighted by Gasteiger charge is -2.10. The number of rotatable bonds is 3. The highest BCUT2D eigenvalue weighted by atomic mass is 16.6. The minimum absolute atomic E-state index is 0.0903. The van der Waals surface area contributed by atoms with Crippen LogP contribution < -0.4 is 10.6 Å². The molecule has 2 aromatic carbocycles.